The number of hydrogen-bond donors (Lipinski definition) is 1. The smallest absolute Gasteiger partial charge is 0.222 e. The molecule has 2 aromatic carbocycles. The van der Waals surface area contributed by atoms with E-state index in [-0.39, 0.29) is 11.7 Å². The molecule has 3 aromatic rings. The number of aryl methyl sites for hydroxylation is 1. The molecule has 1 saturated heterocycles. The Bertz CT molecular complexity index is 1030. The van der Waals surface area contributed by atoms with E-state index in [1.807, 2.05) is 41.9 Å². The largest absolute Gasteiger partial charge is 0.355 e. The molecule has 0 amide bonds. The number of aromatic nitrogens is 2. The normalized spacial score (nSPS) is 16.8. The first-order valence-electron chi connectivity index (χ1n) is 9.40. The van der Waals surface area contributed by atoms with Crippen LogP contribution in [0.2, 0.25) is 0 Å². The van der Waals surface area contributed by atoms with Crippen molar-refractivity contribution < 1.29 is 4.39 Å². The van der Waals surface area contributed by atoms with Crippen LogP contribution < -0.4 is 10.6 Å². The second-order valence-corrected chi connectivity index (χ2v) is 7.26. The SMILES string of the molecule is [C-]#[N+]c1ccc(-c2cc(N3CCC[C@@H](N)C3)n(-c3ccc(C)cc3)n2)cc1F. The lowest BCUT2D eigenvalue weighted by atomic mass is 10.1. The van der Waals surface area contributed by atoms with Crippen LogP contribution in [-0.2, 0) is 0 Å². The summed E-state index contributed by atoms with van der Waals surface area (Å²) >= 11 is 0. The van der Waals surface area contributed by atoms with Gasteiger partial charge in [-0.15, -0.1) is 0 Å². The molecule has 0 bridgehead atoms. The Labute approximate surface area is 164 Å². The topological polar surface area (TPSA) is 51.4 Å². The molecule has 0 spiro atoms. The monoisotopic (exact) mass is 375 g/mol. The molecule has 1 aromatic heterocycles. The first-order valence-corrected chi connectivity index (χ1v) is 9.40. The average molecular weight is 375 g/mol. The Morgan fingerprint density at radius 2 is 1.96 bits per heavy atom. The molecular weight excluding hydrogens is 353 g/mol. The van der Waals surface area contributed by atoms with Gasteiger partial charge in [-0.2, -0.15) is 5.10 Å². The summed E-state index contributed by atoms with van der Waals surface area (Å²) in [7, 11) is 0. The summed E-state index contributed by atoms with van der Waals surface area (Å²) in [5.74, 6) is 0.419. The molecule has 0 saturated carbocycles. The maximum Gasteiger partial charge on any atom is 0.222 e. The summed E-state index contributed by atoms with van der Waals surface area (Å²) in [5.41, 5.74) is 9.66. The quantitative estimate of drug-likeness (QED) is 0.688. The first-order chi connectivity index (χ1) is 13.5. The molecule has 28 heavy (non-hydrogen) atoms. The van der Waals surface area contributed by atoms with E-state index in [9.17, 15) is 4.39 Å². The molecular formula is C22H22FN5. The predicted octanol–water partition coefficient (Wildman–Crippen LogP) is 4.47. The van der Waals surface area contributed by atoms with E-state index < -0.39 is 5.82 Å². The molecule has 0 unspecified atom stereocenters. The fraction of sp³-hybridized carbons (Fsp3) is 0.273. The summed E-state index contributed by atoms with van der Waals surface area (Å²) in [6.07, 6.45) is 2.05. The van der Waals surface area contributed by atoms with Gasteiger partial charge in [0, 0.05) is 30.8 Å². The summed E-state index contributed by atoms with van der Waals surface area (Å²) in [6.45, 7) is 10.8. The lowest BCUT2D eigenvalue weighted by Gasteiger charge is -2.32. The molecule has 1 atom stereocenters. The highest BCUT2D eigenvalue weighted by Gasteiger charge is 2.22. The van der Waals surface area contributed by atoms with Gasteiger partial charge in [0.1, 0.15) is 11.6 Å². The highest BCUT2D eigenvalue weighted by atomic mass is 19.1. The van der Waals surface area contributed by atoms with E-state index in [1.165, 1.54) is 17.7 Å². The third-order valence-corrected chi connectivity index (χ3v) is 5.11. The molecule has 4 rings (SSSR count). The molecule has 6 heteroatoms. The fourth-order valence-electron chi connectivity index (χ4n) is 3.59. The van der Waals surface area contributed by atoms with Crippen LogP contribution in [0.4, 0.5) is 15.9 Å². The predicted molar refractivity (Wildman–Crippen MR) is 109 cm³/mol. The van der Waals surface area contributed by atoms with E-state index in [1.54, 1.807) is 6.07 Å². The Balaban J connectivity index is 1.80. The molecule has 5 nitrogen and oxygen atoms in total. The number of halogens is 1. The number of hydrogen-bond acceptors (Lipinski definition) is 3. The van der Waals surface area contributed by atoms with Crippen molar-refractivity contribution in [2.45, 2.75) is 25.8 Å². The van der Waals surface area contributed by atoms with Crippen LogP contribution in [-0.4, -0.2) is 28.9 Å². The minimum Gasteiger partial charge on any atom is -0.355 e. The Kier molecular flexibility index (Phi) is 4.84. The van der Waals surface area contributed by atoms with Crippen molar-refractivity contribution in [3.63, 3.8) is 0 Å². The van der Waals surface area contributed by atoms with E-state index in [0.717, 1.165) is 37.4 Å². The van der Waals surface area contributed by atoms with Crippen molar-refractivity contribution in [2.24, 2.45) is 5.73 Å². The van der Waals surface area contributed by atoms with Gasteiger partial charge in [-0.3, -0.25) is 0 Å². The van der Waals surface area contributed by atoms with Crippen molar-refractivity contribution >= 4 is 11.5 Å². The van der Waals surface area contributed by atoms with Crippen molar-refractivity contribution in [3.05, 3.63) is 71.3 Å². The molecule has 0 radical (unpaired) electrons. The van der Waals surface area contributed by atoms with E-state index in [2.05, 4.69) is 9.74 Å². The van der Waals surface area contributed by atoms with Crippen LogP contribution in [0.1, 0.15) is 18.4 Å². The zero-order valence-electron chi connectivity index (χ0n) is 15.8. The standard InChI is InChI=1S/C22H22FN5/c1-15-5-8-18(9-6-15)28-22(27-11-3-4-17(24)14-27)13-21(26-28)16-7-10-20(25-2)19(23)12-16/h5-10,12-13,17H,3-4,11,14,24H2,1H3/t17-/m1/s1. The lowest BCUT2D eigenvalue weighted by Crippen LogP contribution is -2.43. The molecule has 0 aliphatic carbocycles. The van der Waals surface area contributed by atoms with E-state index in [0.29, 0.717) is 11.3 Å². The molecule has 2 heterocycles. The number of nitrogens with two attached hydrogens (primary N) is 1. The molecule has 2 N–H and O–H groups in total. The first kappa shape index (κ1) is 18.2. The van der Waals surface area contributed by atoms with Crippen LogP contribution in [0.3, 0.4) is 0 Å². The Morgan fingerprint density at radius 3 is 2.64 bits per heavy atom. The van der Waals surface area contributed by atoms with Crippen LogP contribution in [0, 0.1) is 19.3 Å². The van der Waals surface area contributed by atoms with E-state index in [4.69, 9.17) is 17.4 Å². The average Bonchev–Trinajstić information content (AvgIpc) is 3.14. The number of anilines is 1. The lowest BCUT2D eigenvalue weighted by molar-refractivity contribution is 0.500. The van der Waals surface area contributed by atoms with Gasteiger partial charge in [0.05, 0.1) is 18.0 Å². The van der Waals surface area contributed by atoms with Crippen molar-refractivity contribution in [2.75, 3.05) is 18.0 Å². The van der Waals surface area contributed by atoms with Crippen molar-refractivity contribution in [3.8, 4) is 16.9 Å². The maximum absolute atomic E-state index is 14.1. The second-order valence-electron chi connectivity index (χ2n) is 7.26. The minimum atomic E-state index is -0.529. The molecule has 1 aliphatic heterocycles. The van der Waals surface area contributed by atoms with Gasteiger partial charge < -0.3 is 10.6 Å². The van der Waals surface area contributed by atoms with Gasteiger partial charge in [-0.05, 0) is 38.0 Å². The summed E-state index contributed by atoms with van der Waals surface area (Å²) in [4.78, 5) is 5.44. The zero-order valence-corrected chi connectivity index (χ0v) is 15.8. The number of nitrogens with zero attached hydrogens (tertiary/aromatic N) is 4. The minimum absolute atomic E-state index is 0.0175. The van der Waals surface area contributed by atoms with Crippen LogP contribution in [0.15, 0.2) is 48.5 Å². The van der Waals surface area contributed by atoms with Crippen molar-refractivity contribution in [1.82, 2.24) is 9.78 Å². The summed E-state index contributed by atoms with van der Waals surface area (Å²) < 4.78 is 16.0. The van der Waals surface area contributed by atoms with Gasteiger partial charge >= 0.3 is 0 Å². The van der Waals surface area contributed by atoms with Crippen LogP contribution in [0.5, 0.6) is 0 Å². The van der Waals surface area contributed by atoms with Gasteiger partial charge in [0.15, 0.2) is 0 Å². The Hall–Kier alpha value is -3.17. The van der Waals surface area contributed by atoms with Gasteiger partial charge in [0.25, 0.3) is 0 Å². The molecule has 142 valence electrons. The van der Waals surface area contributed by atoms with Gasteiger partial charge in [-0.1, -0.05) is 29.8 Å². The van der Waals surface area contributed by atoms with E-state index >= 15 is 0 Å². The zero-order chi connectivity index (χ0) is 19.7. The van der Waals surface area contributed by atoms with Gasteiger partial charge in [-0.25, -0.2) is 13.9 Å². The van der Waals surface area contributed by atoms with Crippen LogP contribution >= 0.6 is 0 Å². The number of benzene rings is 2. The van der Waals surface area contributed by atoms with Crippen molar-refractivity contribution in [1.29, 1.82) is 0 Å². The fourth-order valence-corrected chi connectivity index (χ4v) is 3.59. The van der Waals surface area contributed by atoms with Gasteiger partial charge in [0.2, 0.25) is 5.69 Å². The van der Waals surface area contributed by atoms with Crippen LogP contribution in [0.25, 0.3) is 21.8 Å². The number of piperidine rings is 1. The second kappa shape index (κ2) is 7.45. The summed E-state index contributed by atoms with van der Waals surface area (Å²) in [5, 5.41) is 4.77. The number of rotatable bonds is 3. The highest BCUT2D eigenvalue weighted by molar-refractivity contribution is 5.68. The third-order valence-electron chi connectivity index (χ3n) is 5.11. The maximum atomic E-state index is 14.1. The summed E-state index contributed by atoms with van der Waals surface area (Å²) in [6, 6.07) is 14.9. The third kappa shape index (κ3) is 3.49. The molecule has 1 fully saturated rings. The molecule has 1 aliphatic rings. The Morgan fingerprint density at radius 1 is 1.18 bits per heavy atom. The highest BCUT2D eigenvalue weighted by Crippen LogP contribution is 2.31.